The molecule has 0 spiro atoms. The van der Waals surface area contributed by atoms with Crippen molar-refractivity contribution in [2.45, 2.75) is 0 Å². The number of aromatic nitrogens is 1. The smallest absolute Gasteiger partial charge is 0.257 e. The van der Waals surface area contributed by atoms with Crippen molar-refractivity contribution in [3.8, 4) is 0 Å². The van der Waals surface area contributed by atoms with Crippen molar-refractivity contribution >= 4 is 23.1 Å². The number of nitrogens with one attached hydrogen (secondary N) is 1. The van der Waals surface area contributed by atoms with Gasteiger partial charge in [0.15, 0.2) is 0 Å². The van der Waals surface area contributed by atoms with Crippen LogP contribution in [0.5, 0.6) is 0 Å². The zero-order valence-electron chi connectivity index (χ0n) is 10.9. The van der Waals surface area contributed by atoms with Gasteiger partial charge in [0, 0.05) is 31.7 Å². The van der Waals surface area contributed by atoms with E-state index >= 15 is 0 Å². The van der Waals surface area contributed by atoms with Gasteiger partial charge in [0.05, 0.1) is 5.56 Å². The number of hydrogen-bond acceptors (Lipinski definition) is 4. The number of carbonyl (C=O) groups excluding carboxylic acids is 1. The predicted octanol–water partition coefficient (Wildman–Crippen LogP) is 1.98. The molecule has 98 valence electrons. The van der Waals surface area contributed by atoms with Gasteiger partial charge in [0.2, 0.25) is 0 Å². The molecule has 1 aromatic carbocycles. The Balaban J connectivity index is 2.14. The van der Waals surface area contributed by atoms with Gasteiger partial charge < -0.3 is 16.0 Å². The lowest BCUT2D eigenvalue weighted by Crippen LogP contribution is -2.13. The van der Waals surface area contributed by atoms with Gasteiger partial charge in [-0.05, 0) is 30.3 Å². The van der Waals surface area contributed by atoms with Gasteiger partial charge >= 0.3 is 0 Å². The van der Waals surface area contributed by atoms with Crippen LogP contribution < -0.4 is 16.0 Å². The van der Waals surface area contributed by atoms with Crippen LogP contribution in [0.25, 0.3) is 0 Å². The molecule has 0 aliphatic rings. The highest BCUT2D eigenvalue weighted by Crippen LogP contribution is 2.18. The molecule has 0 fully saturated rings. The van der Waals surface area contributed by atoms with Gasteiger partial charge in [-0.3, -0.25) is 4.79 Å². The zero-order valence-corrected chi connectivity index (χ0v) is 10.9. The Bertz CT molecular complexity index is 578. The quantitative estimate of drug-likeness (QED) is 0.881. The second-order valence-electron chi connectivity index (χ2n) is 4.37. The van der Waals surface area contributed by atoms with E-state index in [9.17, 15) is 4.79 Å². The molecule has 0 radical (unpaired) electrons. The van der Waals surface area contributed by atoms with E-state index in [4.69, 9.17) is 5.73 Å². The van der Waals surface area contributed by atoms with Crippen LogP contribution in [0.3, 0.4) is 0 Å². The summed E-state index contributed by atoms with van der Waals surface area (Å²) >= 11 is 0. The minimum absolute atomic E-state index is 0.205. The molecule has 5 nitrogen and oxygen atoms in total. The van der Waals surface area contributed by atoms with Crippen LogP contribution >= 0.6 is 0 Å². The van der Waals surface area contributed by atoms with Crippen molar-refractivity contribution in [1.29, 1.82) is 0 Å². The van der Waals surface area contributed by atoms with Crippen molar-refractivity contribution < 1.29 is 4.79 Å². The second-order valence-corrected chi connectivity index (χ2v) is 4.37. The van der Waals surface area contributed by atoms with Gasteiger partial charge in [-0.1, -0.05) is 6.07 Å². The van der Waals surface area contributed by atoms with Gasteiger partial charge in [-0.2, -0.15) is 0 Å². The fourth-order valence-corrected chi connectivity index (χ4v) is 1.60. The Hall–Kier alpha value is -2.56. The van der Waals surface area contributed by atoms with E-state index < -0.39 is 0 Å². The summed E-state index contributed by atoms with van der Waals surface area (Å²) in [7, 11) is 3.90. The van der Waals surface area contributed by atoms with Crippen molar-refractivity contribution in [1.82, 2.24) is 4.98 Å². The molecule has 2 rings (SSSR count). The molecule has 0 unspecified atom stereocenters. The average molecular weight is 256 g/mol. The predicted molar refractivity (Wildman–Crippen MR) is 77.4 cm³/mol. The molecule has 0 bridgehead atoms. The molecule has 2 aromatic rings. The molecule has 0 aliphatic carbocycles. The summed E-state index contributed by atoms with van der Waals surface area (Å²) in [5, 5.41) is 2.83. The Kier molecular flexibility index (Phi) is 3.66. The number of pyridine rings is 1. The molecule has 0 aliphatic heterocycles. The third kappa shape index (κ3) is 3.22. The van der Waals surface area contributed by atoms with Crippen LogP contribution in [-0.4, -0.2) is 25.0 Å². The summed E-state index contributed by atoms with van der Waals surface area (Å²) in [5.41, 5.74) is 7.73. The van der Waals surface area contributed by atoms with Gasteiger partial charge in [-0.25, -0.2) is 4.98 Å². The molecule has 0 saturated carbocycles. The first-order valence-corrected chi connectivity index (χ1v) is 5.86. The number of carbonyl (C=O) groups is 1. The summed E-state index contributed by atoms with van der Waals surface area (Å²) in [6.45, 7) is 0. The van der Waals surface area contributed by atoms with E-state index in [1.165, 1.54) is 6.20 Å². The first kappa shape index (κ1) is 12.9. The van der Waals surface area contributed by atoms with E-state index in [-0.39, 0.29) is 5.91 Å². The Labute approximate surface area is 112 Å². The third-order valence-electron chi connectivity index (χ3n) is 2.67. The monoisotopic (exact) mass is 256 g/mol. The molecule has 0 atom stereocenters. The molecule has 1 aromatic heterocycles. The number of nitrogens with zero attached hydrogens (tertiary/aromatic N) is 2. The fraction of sp³-hybridized carbons (Fsp3) is 0.143. The number of anilines is 3. The highest BCUT2D eigenvalue weighted by Gasteiger charge is 2.07. The summed E-state index contributed by atoms with van der Waals surface area (Å²) in [6, 6.07) is 10.9. The minimum Gasteiger partial charge on any atom is -0.384 e. The number of nitrogen functional groups attached to an aromatic ring is 1. The maximum atomic E-state index is 12.0. The molecule has 1 amide bonds. The van der Waals surface area contributed by atoms with Crippen molar-refractivity contribution in [2.75, 3.05) is 30.0 Å². The maximum absolute atomic E-state index is 12.0. The van der Waals surface area contributed by atoms with Crippen LogP contribution in [0, 0.1) is 0 Å². The Morgan fingerprint density at radius 3 is 2.68 bits per heavy atom. The Morgan fingerprint density at radius 1 is 1.26 bits per heavy atom. The Morgan fingerprint density at radius 2 is 2.05 bits per heavy atom. The fourth-order valence-electron chi connectivity index (χ4n) is 1.60. The van der Waals surface area contributed by atoms with Crippen LogP contribution in [0.2, 0.25) is 0 Å². The van der Waals surface area contributed by atoms with Crippen molar-refractivity contribution in [3.63, 3.8) is 0 Å². The standard InChI is InChI=1S/C14H16N4O/c1-18(2)12-5-3-4-11(8-12)17-14(19)10-6-7-13(15)16-9-10/h3-9H,1-2H3,(H2,15,16)(H,17,19). The molecular weight excluding hydrogens is 240 g/mol. The van der Waals surface area contributed by atoms with Gasteiger partial charge in [0.25, 0.3) is 5.91 Å². The first-order valence-electron chi connectivity index (χ1n) is 5.86. The summed E-state index contributed by atoms with van der Waals surface area (Å²) < 4.78 is 0. The number of amides is 1. The molecule has 19 heavy (non-hydrogen) atoms. The van der Waals surface area contributed by atoms with E-state index in [1.807, 2.05) is 43.3 Å². The van der Waals surface area contributed by atoms with E-state index in [0.717, 1.165) is 11.4 Å². The van der Waals surface area contributed by atoms with Crippen LogP contribution in [0.15, 0.2) is 42.6 Å². The maximum Gasteiger partial charge on any atom is 0.257 e. The molecule has 3 N–H and O–H groups in total. The molecule has 0 saturated heterocycles. The van der Waals surface area contributed by atoms with Crippen molar-refractivity contribution in [3.05, 3.63) is 48.2 Å². The summed E-state index contributed by atoms with van der Waals surface area (Å²) in [6.07, 6.45) is 1.46. The minimum atomic E-state index is -0.205. The first-order chi connectivity index (χ1) is 9.06. The number of nitrogens with two attached hydrogens (primary N) is 1. The normalized spacial score (nSPS) is 10.0. The number of benzene rings is 1. The largest absolute Gasteiger partial charge is 0.384 e. The molecule has 5 heteroatoms. The average Bonchev–Trinajstić information content (AvgIpc) is 2.39. The number of rotatable bonds is 3. The van der Waals surface area contributed by atoms with Gasteiger partial charge in [-0.15, -0.1) is 0 Å². The van der Waals surface area contributed by atoms with Gasteiger partial charge in [0.1, 0.15) is 5.82 Å². The lowest BCUT2D eigenvalue weighted by molar-refractivity contribution is 0.102. The molecule has 1 heterocycles. The second kappa shape index (κ2) is 5.39. The lowest BCUT2D eigenvalue weighted by atomic mass is 10.2. The highest BCUT2D eigenvalue weighted by atomic mass is 16.1. The lowest BCUT2D eigenvalue weighted by Gasteiger charge is -2.14. The number of hydrogen-bond donors (Lipinski definition) is 2. The highest BCUT2D eigenvalue weighted by molar-refractivity contribution is 6.04. The van der Waals surface area contributed by atoms with Crippen LogP contribution in [0.1, 0.15) is 10.4 Å². The zero-order chi connectivity index (χ0) is 13.8. The topological polar surface area (TPSA) is 71.2 Å². The summed E-state index contributed by atoms with van der Waals surface area (Å²) in [4.78, 5) is 17.9. The third-order valence-corrected chi connectivity index (χ3v) is 2.67. The van der Waals surface area contributed by atoms with Crippen molar-refractivity contribution in [2.24, 2.45) is 0 Å². The summed E-state index contributed by atoms with van der Waals surface area (Å²) in [5.74, 6) is 0.189. The van der Waals surface area contributed by atoms with E-state index in [2.05, 4.69) is 10.3 Å². The molecular formula is C14H16N4O. The SMILES string of the molecule is CN(C)c1cccc(NC(=O)c2ccc(N)nc2)c1. The van der Waals surface area contributed by atoms with E-state index in [1.54, 1.807) is 12.1 Å². The van der Waals surface area contributed by atoms with Crippen LogP contribution in [0.4, 0.5) is 17.2 Å². The van der Waals surface area contributed by atoms with E-state index in [0.29, 0.717) is 11.4 Å². The van der Waals surface area contributed by atoms with Crippen LogP contribution in [-0.2, 0) is 0 Å².